The molecule has 30 heavy (non-hydrogen) atoms. The number of para-hydroxylation sites is 2. The lowest BCUT2D eigenvalue weighted by Crippen LogP contribution is -2.17. The molecule has 1 fully saturated rings. The number of aromatic nitrogens is 3. The maximum Gasteiger partial charge on any atom is 0.344 e. The van der Waals surface area contributed by atoms with Gasteiger partial charge in [-0.1, -0.05) is 42.5 Å². The van der Waals surface area contributed by atoms with Crippen molar-refractivity contribution < 1.29 is 14.3 Å². The Labute approximate surface area is 173 Å². The van der Waals surface area contributed by atoms with Gasteiger partial charge in [-0.05, 0) is 30.5 Å². The van der Waals surface area contributed by atoms with Crippen LogP contribution in [0.1, 0.15) is 28.8 Å². The summed E-state index contributed by atoms with van der Waals surface area (Å²) in [6, 6.07) is 17.1. The summed E-state index contributed by atoms with van der Waals surface area (Å²) < 4.78 is 13.2. The van der Waals surface area contributed by atoms with E-state index in [2.05, 4.69) is 0 Å². The van der Waals surface area contributed by atoms with E-state index in [1.54, 1.807) is 0 Å². The predicted octanol–water partition coefficient (Wildman–Crippen LogP) is 3.70. The largest absolute Gasteiger partial charge is 0.457 e. The summed E-state index contributed by atoms with van der Waals surface area (Å²) in [6.45, 7) is 1.43. The van der Waals surface area contributed by atoms with E-state index in [4.69, 9.17) is 25.2 Å². The minimum Gasteiger partial charge on any atom is -0.457 e. The second kappa shape index (κ2) is 7.76. The van der Waals surface area contributed by atoms with E-state index in [0.29, 0.717) is 29.0 Å². The van der Waals surface area contributed by atoms with Crippen LogP contribution >= 0.6 is 0 Å². The van der Waals surface area contributed by atoms with E-state index in [9.17, 15) is 4.79 Å². The minimum absolute atomic E-state index is 0.0457. The van der Waals surface area contributed by atoms with Gasteiger partial charge in [0, 0.05) is 6.61 Å². The Balaban J connectivity index is 1.57. The van der Waals surface area contributed by atoms with Crippen molar-refractivity contribution in [1.82, 2.24) is 14.5 Å². The number of carbonyl (C=O) groups excluding carboxylic acids is 1. The second-order valence-corrected chi connectivity index (χ2v) is 7.45. The highest BCUT2D eigenvalue weighted by Crippen LogP contribution is 2.30. The fraction of sp³-hybridized carbons (Fsp3) is 0.261. The van der Waals surface area contributed by atoms with Crippen LogP contribution < -0.4 is 5.73 Å². The van der Waals surface area contributed by atoms with E-state index < -0.39 is 5.97 Å². The molecule has 0 radical (unpaired) electrons. The van der Waals surface area contributed by atoms with Gasteiger partial charge in [-0.25, -0.2) is 14.8 Å². The van der Waals surface area contributed by atoms with Crippen molar-refractivity contribution in [2.75, 3.05) is 12.3 Å². The molecule has 7 heteroatoms. The lowest BCUT2D eigenvalue weighted by molar-refractivity contribution is 0.0475. The van der Waals surface area contributed by atoms with E-state index in [1.807, 2.05) is 59.2 Å². The molecule has 4 aromatic rings. The van der Waals surface area contributed by atoms with Crippen molar-refractivity contribution in [2.45, 2.75) is 32.1 Å². The van der Waals surface area contributed by atoms with Crippen LogP contribution in [0.25, 0.3) is 22.2 Å². The maximum atomic E-state index is 13.0. The van der Waals surface area contributed by atoms with Crippen LogP contribution in [0.4, 0.5) is 5.82 Å². The SMILES string of the molecule is Nc1c(C(=O)OCc2ccccc2)c2nc3ccccc3nc2n1CC1CCCO1. The van der Waals surface area contributed by atoms with E-state index in [0.717, 1.165) is 30.5 Å². The number of rotatable bonds is 5. The Hall–Kier alpha value is -3.45. The predicted molar refractivity (Wildman–Crippen MR) is 114 cm³/mol. The van der Waals surface area contributed by atoms with Crippen molar-refractivity contribution in [3.63, 3.8) is 0 Å². The summed E-state index contributed by atoms with van der Waals surface area (Å²) in [4.78, 5) is 22.5. The smallest absolute Gasteiger partial charge is 0.344 e. The van der Waals surface area contributed by atoms with Gasteiger partial charge in [0.25, 0.3) is 0 Å². The number of nitrogens with zero attached hydrogens (tertiary/aromatic N) is 3. The van der Waals surface area contributed by atoms with Gasteiger partial charge >= 0.3 is 5.97 Å². The van der Waals surface area contributed by atoms with Gasteiger partial charge in [0.15, 0.2) is 5.65 Å². The van der Waals surface area contributed by atoms with Crippen molar-refractivity contribution in [1.29, 1.82) is 0 Å². The molecule has 3 heterocycles. The fourth-order valence-electron chi connectivity index (χ4n) is 3.89. The molecule has 1 aliphatic rings. The van der Waals surface area contributed by atoms with Crippen LogP contribution in [-0.4, -0.2) is 33.2 Å². The molecule has 1 unspecified atom stereocenters. The molecular weight excluding hydrogens is 380 g/mol. The van der Waals surface area contributed by atoms with E-state index in [-0.39, 0.29) is 18.3 Å². The molecule has 7 nitrogen and oxygen atoms in total. The quantitative estimate of drug-likeness (QED) is 0.512. The first-order valence-corrected chi connectivity index (χ1v) is 10.1. The zero-order valence-electron chi connectivity index (χ0n) is 16.5. The summed E-state index contributed by atoms with van der Waals surface area (Å²) >= 11 is 0. The Bertz CT molecular complexity index is 1210. The molecule has 1 aliphatic heterocycles. The third kappa shape index (κ3) is 3.37. The average Bonchev–Trinajstić information content (AvgIpc) is 3.38. The Morgan fingerprint density at radius 3 is 2.57 bits per heavy atom. The zero-order valence-corrected chi connectivity index (χ0v) is 16.5. The monoisotopic (exact) mass is 402 g/mol. The molecule has 0 spiro atoms. The molecule has 2 aromatic heterocycles. The van der Waals surface area contributed by atoms with E-state index in [1.165, 1.54) is 0 Å². The molecule has 0 saturated carbocycles. The van der Waals surface area contributed by atoms with Gasteiger partial charge in [0.1, 0.15) is 23.5 Å². The number of hydrogen-bond donors (Lipinski definition) is 1. The van der Waals surface area contributed by atoms with Crippen molar-refractivity contribution in [2.24, 2.45) is 0 Å². The van der Waals surface area contributed by atoms with E-state index >= 15 is 0 Å². The first kappa shape index (κ1) is 18.6. The number of nitrogens with two attached hydrogens (primary N) is 1. The van der Waals surface area contributed by atoms with Gasteiger partial charge in [0.05, 0.1) is 23.7 Å². The number of fused-ring (bicyclic) bond motifs is 2. The highest BCUT2D eigenvalue weighted by molar-refractivity contribution is 6.08. The summed E-state index contributed by atoms with van der Waals surface area (Å²) in [7, 11) is 0. The van der Waals surface area contributed by atoms with Crippen molar-refractivity contribution in [3.8, 4) is 0 Å². The van der Waals surface area contributed by atoms with Gasteiger partial charge in [0.2, 0.25) is 0 Å². The first-order chi connectivity index (χ1) is 14.7. The molecule has 1 atom stereocenters. The van der Waals surface area contributed by atoms with Gasteiger partial charge in [-0.2, -0.15) is 0 Å². The molecule has 0 aliphatic carbocycles. The fourth-order valence-corrected chi connectivity index (χ4v) is 3.89. The third-order valence-corrected chi connectivity index (χ3v) is 5.42. The number of esters is 1. The molecule has 2 N–H and O–H groups in total. The third-order valence-electron chi connectivity index (χ3n) is 5.42. The number of hydrogen-bond acceptors (Lipinski definition) is 6. The number of benzene rings is 2. The first-order valence-electron chi connectivity index (χ1n) is 10.1. The number of ether oxygens (including phenoxy) is 2. The zero-order chi connectivity index (χ0) is 20.5. The number of nitrogen functional groups attached to an aromatic ring is 1. The van der Waals surface area contributed by atoms with Crippen LogP contribution in [0.5, 0.6) is 0 Å². The lowest BCUT2D eigenvalue weighted by Gasteiger charge is -2.13. The van der Waals surface area contributed by atoms with Crippen LogP contribution in [-0.2, 0) is 22.6 Å². The Morgan fingerprint density at radius 2 is 1.83 bits per heavy atom. The molecule has 1 saturated heterocycles. The molecule has 0 amide bonds. The average molecular weight is 402 g/mol. The highest BCUT2D eigenvalue weighted by Gasteiger charge is 2.27. The number of anilines is 1. The standard InChI is InChI=1S/C23H22N4O3/c24-21-19(23(28)30-14-15-7-2-1-3-8-15)20-22(27(21)13-16-9-6-12-29-16)26-18-11-5-4-10-17(18)25-20/h1-5,7-8,10-11,16H,6,9,12-14,24H2. The summed E-state index contributed by atoms with van der Waals surface area (Å²) in [5, 5.41) is 0. The summed E-state index contributed by atoms with van der Waals surface area (Å²) in [6.07, 6.45) is 2.02. The normalized spacial score (nSPS) is 16.3. The maximum absolute atomic E-state index is 13.0. The molecule has 0 bridgehead atoms. The van der Waals surface area contributed by atoms with Gasteiger partial charge < -0.3 is 19.8 Å². The minimum atomic E-state index is -0.503. The molecule has 152 valence electrons. The number of carbonyl (C=O) groups is 1. The van der Waals surface area contributed by atoms with Crippen LogP contribution in [0.15, 0.2) is 54.6 Å². The lowest BCUT2D eigenvalue weighted by atomic mass is 10.2. The van der Waals surface area contributed by atoms with Gasteiger partial charge in [-0.15, -0.1) is 0 Å². The Kier molecular flexibility index (Phi) is 4.80. The summed E-state index contributed by atoms with van der Waals surface area (Å²) in [5.41, 5.74) is 10.1. The van der Waals surface area contributed by atoms with Gasteiger partial charge in [-0.3, -0.25) is 0 Å². The summed E-state index contributed by atoms with van der Waals surface area (Å²) in [5.74, 6) is -0.189. The van der Waals surface area contributed by atoms with Crippen molar-refractivity contribution in [3.05, 3.63) is 65.7 Å². The topological polar surface area (TPSA) is 92.3 Å². The Morgan fingerprint density at radius 1 is 1.10 bits per heavy atom. The van der Waals surface area contributed by atoms with Crippen LogP contribution in [0.3, 0.4) is 0 Å². The molecule has 2 aromatic carbocycles. The van der Waals surface area contributed by atoms with Crippen LogP contribution in [0.2, 0.25) is 0 Å². The van der Waals surface area contributed by atoms with Crippen LogP contribution in [0, 0.1) is 0 Å². The molecule has 5 rings (SSSR count). The van der Waals surface area contributed by atoms with Crippen molar-refractivity contribution >= 4 is 34.0 Å². The second-order valence-electron chi connectivity index (χ2n) is 7.45. The highest BCUT2D eigenvalue weighted by atomic mass is 16.5. The molecular formula is C23H22N4O3.